The molecule has 0 bridgehead atoms. The van der Waals surface area contributed by atoms with Gasteiger partial charge in [0.1, 0.15) is 0 Å². The van der Waals surface area contributed by atoms with Crippen LogP contribution >= 0.6 is 0 Å². The second-order valence-electron chi connectivity index (χ2n) is 2.92. The zero-order chi connectivity index (χ0) is 11.0. The molecule has 0 spiro atoms. The minimum absolute atomic E-state index is 0.0556. The number of aromatic nitrogens is 2. The molecule has 2 rings (SSSR count). The van der Waals surface area contributed by atoms with Crippen molar-refractivity contribution in [3.63, 3.8) is 0 Å². The van der Waals surface area contributed by atoms with Gasteiger partial charge in [-0.05, 0) is 12.1 Å². The molecule has 0 aliphatic carbocycles. The van der Waals surface area contributed by atoms with Crippen LogP contribution in [-0.2, 0) is 0 Å². The van der Waals surface area contributed by atoms with Gasteiger partial charge in [-0.3, -0.25) is 0 Å². The summed E-state index contributed by atoms with van der Waals surface area (Å²) >= 11 is 0. The number of carboxylic acids is 1. The summed E-state index contributed by atoms with van der Waals surface area (Å²) < 4.78 is 26.2. The van der Waals surface area contributed by atoms with E-state index in [1.165, 1.54) is 18.3 Å². The van der Waals surface area contributed by atoms with E-state index in [4.69, 9.17) is 5.11 Å². The number of hydrogen-bond acceptors (Lipinski definition) is 2. The lowest BCUT2D eigenvalue weighted by molar-refractivity contribution is 0.0698. The first-order valence-electron chi connectivity index (χ1n) is 4.09. The van der Waals surface area contributed by atoms with Crippen LogP contribution in [0.1, 0.15) is 22.3 Å². The monoisotopic (exact) mass is 212 g/mol. The zero-order valence-corrected chi connectivity index (χ0v) is 7.39. The summed E-state index contributed by atoms with van der Waals surface area (Å²) in [6.45, 7) is 0. The van der Waals surface area contributed by atoms with Gasteiger partial charge in [0.25, 0.3) is 6.43 Å². The van der Waals surface area contributed by atoms with Gasteiger partial charge in [-0.1, -0.05) is 0 Å². The summed E-state index contributed by atoms with van der Waals surface area (Å²) in [6.07, 6.45) is -0.330. The highest BCUT2D eigenvalue weighted by Gasteiger charge is 2.19. The van der Waals surface area contributed by atoms with Crippen molar-refractivity contribution in [1.29, 1.82) is 0 Å². The van der Waals surface area contributed by atoms with E-state index in [1.54, 1.807) is 0 Å². The predicted molar refractivity (Wildman–Crippen MR) is 47.1 cm³/mol. The van der Waals surface area contributed by atoms with Gasteiger partial charge in [-0.2, -0.15) is 5.10 Å². The van der Waals surface area contributed by atoms with Crippen LogP contribution in [0.5, 0.6) is 0 Å². The molecule has 0 radical (unpaired) electrons. The summed E-state index contributed by atoms with van der Waals surface area (Å²) in [5, 5.41) is 12.5. The van der Waals surface area contributed by atoms with E-state index in [2.05, 4.69) is 5.10 Å². The van der Waals surface area contributed by atoms with Gasteiger partial charge in [0.2, 0.25) is 0 Å². The van der Waals surface area contributed by atoms with Gasteiger partial charge in [-0.25, -0.2) is 18.1 Å². The molecule has 0 saturated heterocycles. The maximum Gasteiger partial charge on any atom is 0.337 e. The Balaban J connectivity index is 2.80. The molecule has 78 valence electrons. The molecule has 0 aliphatic heterocycles. The fraction of sp³-hybridized carbons (Fsp3) is 0.111. The van der Waals surface area contributed by atoms with Crippen molar-refractivity contribution >= 4 is 11.5 Å². The molecular weight excluding hydrogens is 206 g/mol. The average Bonchev–Trinajstić information content (AvgIpc) is 2.60. The van der Waals surface area contributed by atoms with Crippen LogP contribution in [0.3, 0.4) is 0 Å². The third kappa shape index (κ3) is 1.43. The highest BCUT2D eigenvalue weighted by molar-refractivity contribution is 5.96. The average molecular weight is 212 g/mol. The first-order valence-corrected chi connectivity index (χ1v) is 4.09. The minimum atomic E-state index is -2.73. The SMILES string of the molecule is O=C(O)c1cccn2ncc(C(F)F)c12. The number of aromatic carboxylic acids is 1. The Labute approximate surface area is 82.8 Å². The van der Waals surface area contributed by atoms with Gasteiger partial charge in [0.15, 0.2) is 0 Å². The van der Waals surface area contributed by atoms with Crippen LogP contribution in [0, 0.1) is 0 Å². The van der Waals surface area contributed by atoms with Crippen molar-refractivity contribution in [2.45, 2.75) is 6.43 Å². The van der Waals surface area contributed by atoms with E-state index in [0.717, 1.165) is 10.7 Å². The Morgan fingerprint density at radius 1 is 1.53 bits per heavy atom. The highest BCUT2D eigenvalue weighted by Crippen LogP contribution is 2.25. The van der Waals surface area contributed by atoms with Crippen molar-refractivity contribution in [1.82, 2.24) is 9.61 Å². The molecule has 0 aromatic carbocycles. The molecule has 0 atom stereocenters. The van der Waals surface area contributed by atoms with Gasteiger partial charge >= 0.3 is 5.97 Å². The minimum Gasteiger partial charge on any atom is -0.478 e. The molecule has 4 nitrogen and oxygen atoms in total. The standard InChI is InChI=1S/C9H6F2N2O2/c10-8(11)6-4-12-13-3-1-2-5(7(6)13)9(14)15/h1-4,8H,(H,14,15). The lowest BCUT2D eigenvalue weighted by atomic mass is 10.1. The molecule has 2 aromatic rings. The number of hydrogen-bond donors (Lipinski definition) is 1. The second-order valence-corrected chi connectivity index (χ2v) is 2.92. The van der Waals surface area contributed by atoms with Crippen molar-refractivity contribution in [2.24, 2.45) is 0 Å². The fourth-order valence-corrected chi connectivity index (χ4v) is 1.40. The van der Waals surface area contributed by atoms with Gasteiger partial charge in [-0.15, -0.1) is 0 Å². The van der Waals surface area contributed by atoms with Crippen molar-refractivity contribution in [2.75, 3.05) is 0 Å². The van der Waals surface area contributed by atoms with E-state index in [9.17, 15) is 13.6 Å². The Bertz CT molecular complexity index is 522. The third-order valence-electron chi connectivity index (χ3n) is 2.03. The van der Waals surface area contributed by atoms with E-state index < -0.39 is 12.4 Å². The number of carboxylic acid groups (broad SMARTS) is 1. The van der Waals surface area contributed by atoms with Gasteiger partial charge in [0, 0.05) is 6.20 Å². The van der Waals surface area contributed by atoms with Gasteiger partial charge < -0.3 is 5.11 Å². The van der Waals surface area contributed by atoms with Gasteiger partial charge in [0.05, 0.1) is 22.8 Å². The summed E-state index contributed by atoms with van der Waals surface area (Å²) in [5.74, 6) is -1.25. The number of nitrogens with zero attached hydrogens (tertiary/aromatic N) is 2. The van der Waals surface area contributed by atoms with Crippen molar-refractivity contribution < 1.29 is 18.7 Å². The molecule has 2 heterocycles. The highest BCUT2D eigenvalue weighted by atomic mass is 19.3. The number of fused-ring (bicyclic) bond motifs is 1. The molecule has 0 saturated carbocycles. The number of carbonyl (C=O) groups is 1. The Hall–Kier alpha value is -1.98. The van der Waals surface area contributed by atoms with E-state index in [0.29, 0.717) is 0 Å². The molecule has 0 aliphatic rings. The van der Waals surface area contributed by atoms with Crippen LogP contribution in [0.15, 0.2) is 24.5 Å². The topological polar surface area (TPSA) is 54.6 Å². The van der Waals surface area contributed by atoms with Crippen LogP contribution in [0.2, 0.25) is 0 Å². The number of halogens is 2. The quantitative estimate of drug-likeness (QED) is 0.827. The summed E-state index contributed by atoms with van der Waals surface area (Å²) in [7, 11) is 0. The predicted octanol–water partition coefficient (Wildman–Crippen LogP) is 1.97. The molecular formula is C9H6F2N2O2. The van der Waals surface area contributed by atoms with E-state index >= 15 is 0 Å². The Morgan fingerprint density at radius 2 is 2.27 bits per heavy atom. The fourth-order valence-electron chi connectivity index (χ4n) is 1.40. The zero-order valence-electron chi connectivity index (χ0n) is 7.39. The number of pyridine rings is 1. The van der Waals surface area contributed by atoms with E-state index in [1.807, 2.05) is 0 Å². The van der Waals surface area contributed by atoms with Crippen LogP contribution in [0.25, 0.3) is 5.52 Å². The maximum atomic E-state index is 12.5. The number of rotatable bonds is 2. The van der Waals surface area contributed by atoms with E-state index in [-0.39, 0.29) is 16.6 Å². The van der Waals surface area contributed by atoms with Crippen molar-refractivity contribution in [3.05, 3.63) is 35.7 Å². The second kappa shape index (κ2) is 3.30. The summed E-state index contributed by atoms with van der Waals surface area (Å²) in [4.78, 5) is 10.8. The Kier molecular flexibility index (Phi) is 2.11. The Morgan fingerprint density at radius 3 is 2.87 bits per heavy atom. The maximum absolute atomic E-state index is 12.5. The van der Waals surface area contributed by atoms with Crippen LogP contribution in [0.4, 0.5) is 8.78 Å². The lowest BCUT2D eigenvalue weighted by Crippen LogP contribution is -2.01. The molecule has 1 N–H and O–H groups in total. The number of alkyl halides is 2. The smallest absolute Gasteiger partial charge is 0.337 e. The largest absolute Gasteiger partial charge is 0.478 e. The third-order valence-corrected chi connectivity index (χ3v) is 2.03. The summed E-state index contributed by atoms with van der Waals surface area (Å²) in [6, 6.07) is 2.71. The molecule has 0 fully saturated rings. The summed E-state index contributed by atoms with van der Waals surface area (Å²) in [5.41, 5.74) is -0.599. The molecule has 0 amide bonds. The molecule has 0 unspecified atom stereocenters. The molecule has 6 heteroatoms. The lowest BCUT2D eigenvalue weighted by Gasteiger charge is -2.01. The van der Waals surface area contributed by atoms with Crippen LogP contribution < -0.4 is 0 Å². The van der Waals surface area contributed by atoms with Crippen molar-refractivity contribution in [3.8, 4) is 0 Å². The first-order chi connectivity index (χ1) is 7.11. The first kappa shape index (κ1) is 9.57. The molecule has 15 heavy (non-hydrogen) atoms. The molecule has 2 aromatic heterocycles. The van der Waals surface area contributed by atoms with Crippen LogP contribution in [-0.4, -0.2) is 20.7 Å². The normalized spacial score (nSPS) is 11.1.